The van der Waals surface area contributed by atoms with E-state index in [2.05, 4.69) is 9.80 Å². The lowest BCUT2D eigenvalue weighted by molar-refractivity contribution is -0.159. The highest BCUT2D eigenvalue weighted by Gasteiger charge is 2.46. The summed E-state index contributed by atoms with van der Waals surface area (Å²) in [7, 11) is 2.05. The van der Waals surface area contributed by atoms with Crippen LogP contribution in [0.2, 0.25) is 0 Å². The number of hydrogen-bond donors (Lipinski definition) is 1. The zero-order valence-electron chi connectivity index (χ0n) is 9.81. The summed E-state index contributed by atoms with van der Waals surface area (Å²) in [4.78, 5) is 15.9. The maximum absolute atomic E-state index is 11.6. The third-order valence-electron chi connectivity index (χ3n) is 3.83. The Balaban J connectivity index is 2.11. The van der Waals surface area contributed by atoms with Crippen molar-refractivity contribution in [2.75, 3.05) is 46.4 Å². The second-order valence-electron chi connectivity index (χ2n) is 4.74. The number of carbonyl (C=O) groups is 1. The summed E-state index contributed by atoms with van der Waals surface area (Å²) in [6.07, 6.45) is 1.44. The molecular weight excluding hydrogens is 208 g/mol. The summed E-state index contributed by atoms with van der Waals surface area (Å²) < 4.78 is 5.29. The topological polar surface area (TPSA) is 53.0 Å². The number of aliphatic carboxylic acids is 1. The number of likely N-dealkylation sites (tertiary alicyclic amines) is 1. The standard InChI is InChI=1S/C11H20N2O3/c1-12-4-2-11(3-5-12,10(14)15)13-6-8-16-9-7-13/h2-9H2,1H3,(H,14,15). The SMILES string of the molecule is CN1CCC(C(=O)O)(N2CCOCC2)CC1. The first kappa shape index (κ1) is 11.8. The summed E-state index contributed by atoms with van der Waals surface area (Å²) in [6, 6.07) is 0. The van der Waals surface area contributed by atoms with Crippen LogP contribution in [0.4, 0.5) is 0 Å². The van der Waals surface area contributed by atoms with E-state index in [-0.39, 0.29) is 0 Å². The van der Waals surface area contributed by atoms with Crippen molar-refractivity contribution in [3.63, 3.8) is 0 Å². The van der Waals surface area contributed by atoms with Crippen molar-refractivity contribution in [1.82, 2.24) is 9.80 Å². The van der Waals surface area contributed by atoms with Gasteiger partial charge in [0.05, 0.1) is 13.2 Å². The van der Waals surface area contributed by atoms with Gasteiger partial charge in [-0.3, -0.25) is 9.69 Å². The number of morpholine rings is 1. The Kier molecular flexibility index (Phi) is 3.47. The Hall–Kier alpha value is -0.650. The average molecular weight is 228 g/mol. The van der Waals surface area contributed by atoms with Crippen molar-refractivity contribution < 1.29 is 14.6 Å². The van der Waals surface area contributed by atoms with Gasteiger partial charge in [-0.25, -0.2) is 0 Å². The van der Waals surface area contributed by atoms with Crippen molar-refractivity contribution in [2.24, 2.45) is 0 Å². The number of rotatable bonds is 2. The molecule has 0 spiro atoms. The second kappa shape index (κ2) is 4.69. The van der Waals surface area contributed by atoms with E-state index in [0.29, 0.717) is 13.2 Å². The van der Waals surface area contributed by atoms with Gasteiger partial charge in [0.15, 0.2) is 0 Å². The highest BCUT2D eigenvalue weighted by atomic mass is 16.5. The van der Waals surface area contributed by atoms with E-state index in [1.807, 2.05) is 7.05 Å². The summed E-state index contributed by atoms with van der Waals surface area (Å²) >= 11 is 0. The molecule has 1 N–H and O–H groups in total. The molecule has 0 aliphatic carbocycles. The minimum Gasteiger partial charge on any atom is -0.480 e. The van der Waals surface area contributed by atoms with E-state index in [1.54, 1.807) is 0 Å². The van der Waals surface area contributed by atoms with Crippen LogP contribution in [0.3, 0.4) is 0 Å². The van der Waals surface area contributed by atoms with Gasteiger partial charge < -0.3 is 14.7 Å². The molecule has 2 aliphatic heterocycles. The van der Waals surface area contributed by atoms with Crippen LogP contribution in [0.25, 0.3) is 0 Å². The first-order chi connectivity index (χ1) is 7.65. The van der Waals surface area contributed by atoms with Gasteiger partial charge in [0, 0.05) is 26.2 Å². The largest absolute Gasteiger partial charge is 0.480 e. The van der Waals surface area contributed by atoms with Crippen LogP contribution in [0, 0.1) is 0 Å². The number of carboxylic acid groups (broad SMARTS) is 1. The molecule has 0 aromatic rings. The lowest BCUT2D eigenvalue weighted by atomic mass is 9.85. The Morgan fingerprint density at radius 3 is 2.25 bits per heavy atom. The van der Waals surface area contributed by atoms with Gasteiger partial charge in [-0.1, -0.05) is 0 Å². The molecule has 92 valence electrons. The van der Waals surface area contributed by atoms with Gasteiger partial charge in [-0.2, -0.15) is 0 Å². The first-order valence-corrected chi connectivity index (χ1v) is 5.90. The number of nitrogens with zero attached hydrogens (tertiary/aromatic N) is 2. The van der Waals surface area contributed by atoms with E-state index in [4.69, 9.17) is 4.74 Å². The van der Waals surface area contributed by atoms with Gasteiger partial charge in [-0.15, -0.1) is 0 Å². The summed E-state index contributed by atoms with van der Waals surface area (Å²) in [6.45, 7) is 4.54. The lowest BCUT2D eigenvalue weighted by Gasteiger charge is -2.46. The van der Waals surface area contributed by atoms with Crippen LogP contribution in [0.15, 0.2) is 0 Å². The molecule has 5 heteroatoms. The van der Waals surface area contributed by atoms with Crippen molar-refractivity contribution in [3.8, 4) is 0 Å². The van der Waals surface area contributed by atoms with Gasteiger partial charge in [-0.05, 0) is 19.9 Å². The van der Waals surface area contributed by atoms with Crippen LogP contribution in [-0.4, -0.2) is 72.9 Å². The van der Waals surface area contributed by atoms with Crippen LogP contribution >= 0.6 is 0 Å². The Morgan fingerprint density at radius 2 is 1.75 bits per heavy atom. The smallest absolute Gasteiger partial charge is 0.324 e. The fourth-order valence-corrected chi connectivity index (χ4v) is 2.65. The predicted octanol–water partition coefficient (Wildman–Crippen LogP) is -0.132. The van der Waals surface area contributed by atoms with Crippen LogP contribution in [-0.2, 0) is 9.53 Å². The summed E-state index contributed by atoms with van der Waals surface area (Å²) in [5, 5.41) is 9.53. The van der Waals surface area contributed by atoms with Crippen molar-refractivity contribution in [1.29, 1.82) is 0 Å². The van der Waals surface area contributed by atoms with Gasteiger partial charge in [0.1, 0.15) is 5.54 Å². The van der Waals surface area contributed by atoms with Gasteiger partial charge in [0.2, 0.25) is 0 Å². The quantitative estimate of drug-likeness (QED) is 0.713. The number of piperidine rings is 1. The lowest BCUT2D eigenvalue weighted by Crippen LogP contribution is -2.62. The molecule has 0 atom stereocenters. The Bertz CT molecular complexity index is 256. The molecule has 2 fully saturated rings. The molecule has 2 saturated heterocycles. The second-order valence-corrected chi connectivity index (χ2v) is 4.74. The first-order valence-electron chi connectivity index (χ1n) is 5.90. The number of carboxylic acids is 1. The number of hydrogen-bond acceptors (Lipinski definition) is 4. The molecule has 2 rings (SSSR count). The molecular formula is C11H20N2O3. The number of ether oxygens (including phenoxy) is 1. The van der Waals surface area contributed by atoms with E-state index in [9.17, 15) is 9.90 Å². The van der Waals surface area contributed by atoms with Crippen molar-refractivity contribution in [3.05, 3.63) is 0 Å². The fraction of sp³-hybridized carbons (Fsp3) is 0.909. The molecule has 2 heterocycles. The molecule has 2 aliphatic rings. The third kappa shape index (κ3) is 2.07. The molecule has 5 nitrogen and oxygen atoms in total. The highest BCUT2D eigenvalue weighted by Crippen LogP contribution is 2.29. The molecule has 0 aromatic heterocycles. The molecule has 16 heavy (non-hydrogen) atoms. The third-order valence-corrected chi connectivity index (χ3v) is 3.83. The zero-order valence-corrected chi connectivity index (χ0v) is 9.81. The fourth-order valence-electron chi connectivity index (χ4n) is 2.65. The molecule has 0 amide bonds. The predicted molar refractivity (Wildman–Crippen MR) is 59.5 cm³/mol. The molecule has 0 bridgehead atoms. The van der Waals surface area contributed by atoms with Crippen LogP contribution < -0.4 is 0 Å². The summed E-state index contributed by atoms with van der Waals surface area (Å²) in [5.41, 5.74) is -0.643. The maximum Gasteiger partial charge on any atom is 0.324 e. The monoisotopic (exact) mass is 228 g/mol. The average Bonchev–Trinajstić information content (AvgIpc) is 2.31. The van der Waals surface area contributed by atoms with E-state index in [0.717, 1.165) is 39.0 Å². The van der Waals surface area contributed by atoms with E-state index >= 15 is 0 Å². The van der Waals surface area contributed by atoms with Crippen LogP contribution in [0.5, 0.6) is 0 Å². The Labute approximate surface area is 96.0 Å². The summed E-state index contributed by atoms with van der Waals surface area (Å²) in [5.74, 6) is -0.664. The van der Waals surface area contributed by atoms with E-state index in [1.165, 1.54) is 0 Å². The molecule has 0 radical (unpaired) electrons. The van der Waals surface area contributed by atoms with Crippen molar-refractivity contribution >= 4 is 5.97 Å². The molecule has 0 aromatic carbocycles. The van der Waals surface area contributed by atoms with Gasteiger partial charge >= 0.3 is 5.97 Å². The maximum atomic E-state index is 11.6. The Morgan fingerprint density at radius 1 is 1.19 bits per heavy atom. The normalized spacial score (nSPS) is 27.8. The molecule has 0 saturated carbocycles. The van der Waals surface area contributed by atoms with E-state index < -0.39 is 11.5 Å². The van der Waals surface area contributed by atoms with Crippen molar-refractivity contribution in [2.45, 2.75) is 18.4 Å². The minimum atomic E-state index is -0.664. The minimum absolute atomic E-state index is 0.643. The highest BCUT2D eigenvalue weighted by molar-refractivity contribution is 5.79. The zero-order chi connectivity index (χ0) is 11.6. The van der Waals surface area contributed by atoms with Gasteiger partial charge in [0.25, 0.3) is 0 Å². The van der Waals surface area contributed by atoms with Crippen LogP contribution in [0.1, 0.15) is 12.8 Å². The molecule has 0 unspecified atom stereocenters.